The van der Waals surface area contributed by atoms with Gasteiger partial charge in [-0.1, -0.05) is 26.0 Å². The predicted octanol–water partition coefficient (Wildman–Crippen LogP) is 2.17. The van der Waals surface area contributed by atoms with E-state index in [-0.39, 0.29) is 19.1 Å². The molecule has 1 aromatic heterocycles. The van der Waals surface area contributed by atoms with Crippen LogP contribution in [0, 0.1) is 0 Å². The first-order valence-electron chi connectivity index (χ1n) is 7.10. The molecular formula is C16H21N3O2. The summed E-state index contributed by atoms with van der Waals surface area (Å²) in [6.07, 6.45) is 3.37. The van der Waals surface area contributed by atoms with Gasteiger partial charge in [0.05, 0.1) is 13.2 Å². The molecule has 112 valence electrons. The summed E-state index contributed by atoms with van der Waals surface area (Å²) in [6, 6.07) is 7.64. The Hall–Kier alpha value is -2.14. The minimum absolute atomic E-state index is 0.0731. The van der Waals surface area contributed by atoms with Gasteiger partial charge in [-0.15, -0.1) is 0 Å². The fourth-order valence-electron chi connectivity index (χ4n) is 2.15. The van der Waals surface area contributed by atoms with Gasteiger partial charge in [-0.3, -0.25) is 4.79 Å². The summed E-state index contributed by atoms with van der Waals surface area (Å²) in [5, 5.41) is 9.18. The predicted molar refractivity (Wildman–Crippen MR) is 80.9 cm³/mol. The van der Waals surface area contributed by atoms with E-state index in [9.17, 15) is 9.90 Å². The lowest BCUT2D eigenvalue weighted by Gasteiger charge is -2.21. The van der Waals surface area contributed by atoms with E-state index in [2.05, 4.69) is 23.8 Å². The number of aromatic amines is 1. The third kappa shape index (κ3) is 3.92. The maximum absolute atomic E-state index is 12.6. The van der Waals surface area contributed by atoms with Crippen LogP contribution < -0.4 is 0 Å². The van der Waals surface area contributed by atoms with Crippen LogP contribution >= 0.6 is 0 Å². The molecule has 2 N–H and O–H groups in total. The van der Waals surface area contributed by atoms with Crippen LogP contribution in [0.2, 0.25) is 0 Å². The molecule has 0 atom stereocenters. The van der Waals surface area contributed by atoms with Gasteiger partial charge in [0, 0.05) is 24.5 Å². The molecule has 0 aliphatic rings. The van der Waals surface area contributed by atoms with E-state index < -0.39 is 0 Å². The number of benzene rings is 1. The number of nitrogens with zero attached hydrogens (tertiary/aromatic N) is 2. The van der Waals surface area contributed by atoms with Gasteiger partial charge in [0.2, 0.25) is 0 Å². The van der Waals surface area contributed by atoms with Crippen LogP contribution in [0.3, 0.4) is 0 Å². The second-order valence-corrected chi connectivity index (χ2v) is 5.27. The van der Waals surface area contributed by atoms with E-state index in [4.69, 9.17) is 0 Å². The quantitative estimate of drug-likeness (QED) is 0.855. The van der Waals surface area contributed by atoms with E-state index in [1.54, 1.807) is 23.4 Å². The van der Waals surface area contributed by atoms with Crippen molar-refractivity contribution in [1.29, 1.82) is 0 Å². The van der Waals surface area contributed by atoms with Gasteiger partial charge in [0.15, 0.2) is 0 Å². The number of nitrogens with one attached hydrogen (secondary N) is 1. The maximum Gasteiger partial charge on any atom is 0.254 e. The zero-order valence-corrected chi connectivity index (χ0v) is 12.4. The van der Waals surface area contributed by atoms with Gasteiger partial charge in [-0.2, -0.15) is 0 Å². The molecule has 1 aromatic carbocycles. The van der Waals surface area contributed by atoms with Crippen molar-refractivity contribution in [3.63, 3.8) is 0 Å². The number of imidazole rings is 1. The van der Waals surface area contributed by atoms with E-state index in [0.717, 1.165) is 5.56 Å². The number of carbonyl (C=O) groups excluding carboxylic acids is 1. The zero-order chi connectivity index (χ0) is 15.2. The van der Waals surface area contributed by atoms with Gasteiger partial charge >= 0.3 is 0 Å². The molecule has 0 aliphatic heterocycles. The fraction of sp³-hybridized carbons (Fsp3) is 0.375. The summed E-state index contributed by atoms with van der Waals surface area (Å²) < 4.78 is 0. The standard InChI is InChI=1S/C16H21N3O2/c1-12(2)13-4-3-5-14(10-13)16(21)19(8-9-20)11-15-17-6-7-18-15/h3-7,10,12,20H,8-9,11H2,1-2H3,(H,17,18). The number of hydrogen-bond acceptors (Lipinski definition) is 3. The third-order valence-corrected chi connectivity index (χ3v) is 3.35. The van der Waals surface area contributed by atoms with Crippen LogP contribution in [-0.4, -0.2) is 39.0 Å². The second-order valence-electron chi connectivity index (χ2n) is 5.27. The highest BCUT2D eigenvalue weighted by atomic mass is 16.3. The molecule has 21 heavy (non-hydrogen) atoms. The molecule has 1 heterocycles. The van der Waals surface area contributed by atoms with Crippen molar-refractivity contribution < 1.29 is 9.90 Å². The number of aliphatic hydroxyl groups excluding tert-OH is 1. The molecule has 0 unspecified atom stereocenters. The Balaban J connectivity index is 2.19. The fourth-order valence-corrected chi connectivity index (χ4v) is 2.15. The highest BCUT2D eigenvalue weighted by Crippen LogP contribution is 2.17. The lowest BCUT2D eigenvalue weighted by atomic mass is 10.0. The molecule has 2 aromatic rings. The van der Waals surface area contributed by atoms with Crippen molar-refractivity contribution in [2.45, 2.75) is 26.3 Å². The first kappa shape index (κ1) is 15.3. The number of carbonyl (C=O) groups is 1. The van der Waals surface area contributed by atoms with Gasteiger partial charge in [0.1, 0.15) is 5.82 Å². The molecule has 0 bridgehead atoms. The normalized spacial score (nSPS) is 10.9. The molecule has 1 amide bonds. The lowest BCUT2D eigenvalue weighted by Crippen LogP contribution is -2.33. The summed E-state index contributed by atoms with van der Waals surface area (Å²) >= 11 is 0. The van der Waals surface area contributed by atoms with Gasteiger partial charge < -0.3 is 15.0 Å². The highest BCUT2D eigenvalue weighted by Gasteiger charge is 2.17. The minimum Gasteiger partial charge on any atom is -0.395 e. The van der Waals surface area contributed by atoms with Crippen molar-refractivity contribution in [3.8, 4) is 0 Å². The maximum atomic E-state index is 12.6. The summed E-state index contributed by atoms with van der Waals surface area (Å²) in [5.74, 6) is 0.980. The molecule has 5 nitrogen and oxygen atoms in total. The highest BCUT2D eigenvalue weighted by molar-refractivity contribution is 5.94. The molecular weight excluding hydrogens is 266 g/mol. The molecule has 0 aliphatic carbocycles. The van der Waals surface area contributed by atoms with E-state index in [1.165, 1.54) is 0 Å². The van der Waals surface area contributed by atoms with Crippen LogP contribution in [0.25, 0.3) is 0 Å². The molecule has 0 saturated carbocycles. The van der Waals surface area contributed by atoms with Crippen molar-refractivity contribution >= 4 is 5.91 Å². The molecule has 0 fully saturated rings. The van der Waals surface area contributed by atoms with Crippen molar-refractivity contribution in [3.05, 3.63) is 53.6 Å². The van der Waals surface area contributed by atoms with E-state index >= 15 is 0 Å². The third-order valence-electron chi connectivity index (χ3n) is 3.35. The van der Waals surface area contributed by atoms with Crippen LogP contribution in [0.1, 0.15) is 41.5 Å². The average Bonchev–Trinajstić information content (AvgIpc) is 2.99. The first-order valence-corrected chi connectivity index (χ1v) is 7.10. The second kappa shape index (κ2) is 7.04. The van der Waals surface area contributed by atoms with E-state index in [1.807, 2.05) is 18.2 Å². The average molecular weight is 287 g/mol. The lowest BCUT2D eigenvalue weighted by molar-refractivity contribution is 0.0703. The van der Waals surface area contributed by atoms with Gasteiger partial charge in [-0.05, 0) is 23.6 Å². The summed E-state index contributed by atoms with van der Waals surface area (Å²) in [7, 11) is 0. The molecule has 2 rings (SSSR count). The first-order chi connectivity index (χ1) is 10.1. The van der Waals surface area contributed by atoms with E-state index in [0.29, 0.717) is 23.9 Å². The molecule has 0 saturated heterocycles. The molecule has 5 heteroatoms. The van der Waals surface area contributed by atoms with Crippen LogP contribution in [0.5, 0.6) is 0 Å². The number of rotatable bonds is 6. The number of aromatic nitrogens is 2. The Labute approximate surface area is 124 Å². The Morgan fingerprint density at radius 1 is 1.43 bits per heavy atom. The minimum atomic E-state index is -0.0945. The van der Waals surface area contributed by atoms with Crippen LogP contribution in [0.15, 0.2) is 36.7 Å². The van der Waals surface area contributed by atoms with Crippen molar-refractivity contribution in [2.24, 2.45) is 0 Å². The Morgan fingerprint density at radius 2 is 2.24 bits per heavy atom. The van der Waals surface area contributed by atoms with Crippen molar-refractivity contribution in [1.82, 2.24) is 14.9 Å². The van der Waals surface area contributed by atoms with Crippen molar-refractivity contribution in [2.75, 3.05) is 13.2 Å². The topological polar surface area (TPSA) is 69.2 Å². The monoisotopic (exact) mass is 287 g/mol. The van der Waals surface area contributed by atoms with Gasteiger partial charge in [0.25, 0.3) is 5.91 Å². The summed E-state index contributed by atoms with van der Waals surface area (Å²) in [5.41, 5.74) is 1.77. The zero-order valence-electron chi connectivity index (χ0n) is 12.4. The number of aliphatic hydroxyl groups is 1. The Bertz CT molecular complexity index is 579. The summed E-state index contributed by atoms with van der Waals surface area (Å²) in [4.78, 5) is 21.3. The smallest absolute Gasteiger partial charge is 0.254 e. The summed E-state index contributed by atoms with van der Waals surface area (Å²) in [6.45, 7) is 4.76. The number of H-pyrrole nitrogens is 1. The largest absolute Gasteiger partial charge is 0.395 e. The Morgan fingerprint density at radius 3 is 2.86 bits per heavy atom. The number of amides is 1. The number of hydrogen-bond donors (Lipinski definition) is 2. The van der Waals surface area contributed by atoms with Crippen LogP contribution in [0.4, 0.5) is 0 Å². The SMILES string of the molecule is CC(C)c1cccc(C(=O)N(CCO)Cc2ncc[nH]2)c1. The molecule has 0 spiro atoms. The Kier molecular flexibility index (Phi) is 5.11. The molecule has 0 radical (unpaired) electrons. The van der Waals surface area contributed by atoms with Gasteiger partial charge in [-0.25, -0.2) is 4.98 Å². The van der Waals surface area contributed by atoms with Crippen LogP contribution in [-0.2, 0) is 6.54 Å².